The Labute approximate surface area is 132 Å². The average Bonchev–Trinajstić information content (AvgIpc) is 2.72. The molecule has 0 radical (unpaired) electrons. The summed E-state index contributed by atoms with van der Waals surface area (Å²) >= 11 is 7.85. The van der Waals surface area contributed by atoms with Gasteiger partial charge in [-0.15, -0.1) is 11.3 Å². The van der Waals surface area contributed by atoms with E-state index in [2.05, 4.69) is 20.9 Å². The maximum atomic E-state index is 6.32. The van der Waals surface area contributed by atoms with Gasteiger partial charge in [-0.05, 0) is 24.8 Å². The number of hydrogen-bond donors (Lipinski definition) is 1. The van der Waals surface area contributed by atoms with Crippen molar-refractivity contribution in [3.63, 3.8) is 0 Å². The van der Waals surface area contributed by atoms with E-state index in [9.17, 15) is 0 Å². The summed E-state index contributed by atoms with van der Waals surface area (Å²) in [6, 6.07) is 4.06. The quantitative estimate of drug-likeness (QED) is 0.919. The van der Waals surface area contributed by atoms with Gasteiger partial charge >= 0.3 is 0 Å². The molecule has 0 aromatic carbocycles. The number of thiophene rings is 1. The van der Waals surface area contributed by atoms with Gasteiger partial charge in [0.25, 0.3) is 0 Å². The highest BCUT2D eigenvalue weighted by Gasteiger charge is 2.27. The number of aryl methyl sites for hydroxylation is 1. The number of nitrogens with two attached hydrogens (primary N) is 1. The lowest BCUT2D eigenvalue weighted by atomic mass is 10.1. The van der Waals surface area contributed by atoms with Crippen LogP contribution in [0.1, 0.15) is 23.7 Å². The van der Waals surface area contributed by atoms with Gasteiger partial charge in [0, 0.05) is 30.5 Å². The molecule has 1 fully saturated rings. The minimum atomic E-state index is 0.0555. The molecular formula is C14H17ClN4OS. The highest BCUT2D eigenvalue weighted by Crippen LogP contribution is 2.35. The highest BCUT2D eigenvalue weighted by atomic mass is 35.5. The summed E-state index contributed by atoms with van der Waals surface area (Å²) in [5.41, 5.74) is 7.74. The van der Waals surface area contributed by atoms with Crippen LogP contribution in [0.25, 0.3) is 0 Å². The molecule has 2 aromatic heterocycles. The van der Waals surface area contributed by atoms with Crippen molar-refractivity contribution in [2.45, 2.75) is 19.4 Å². The van der Waals surface area contributed by atoms with Crippen molar-refractivity contribution in [2.75, 3.05) is 30.4 Å². The molecule has 0 bridgehead atoms. The fourth-order valence-corrected chi connectivity index (χ4v) is 3.59. The smallest absolute Gasteiger partial charge is 0.222 e. The van der Waals surface area contributed by atoms with Crippen molar-refractivity contribution in [3.05, 3.63) is 33.1 Å². The Morgan fingerprint density at radius 3 is 3.05 bits per heavy atom. The van der Waals surface area contributed by atoms with Gasteiger partial charge in [-0.1, -0.05) is 11.6 Å². The van der Waals surface area contributed by atoms with Crippen LogP contribution in [-0.4, -0.2) is 29.7 Å². The van der Waals surface area contributed by atoms with Gasteiger partial charge < -0.3 is 15.4 Å². The summed E-state index contributed by atoms with van der Waals surface area (Å²) in [6.07, 6.45) is 0.946. The lowest BCUT2D eigenvalue weighted by Crippen LogP contribution is -2.31. The summed E-state index contributed by atoms with van der Waals surface area (Å²) in [5, 5.41) is 2.00. The minimum Gasteiger partial charge on any atom is -0.379 e. The molecule has 3 rings (SSSR count). The molecular weight excluding hydrogens is 308 g/mol. The number of halogens is 1. The molecule has 0 aliphatic carbocycles. The van der Waals surface area contributed by atoms with Crippen LogP contribution < -0.4 is 10.6 Å². The third kappa shape index (κ3) is 3.12. The average molecular weight is 325 g/mol. The summed E-state index contributed by atoms with van der Waals surface area (Å²) in [7, 11) is 0. The zero-order chi connectivity index (χ0) is 14.8. The number of hydrogen-bond acceptors (Lipinski definition) is 6. The molecule has 1 aliphatic heterocycles. The molecule has 2 N–H and O–H groups in total. The maximum Gasteiger partial charge on any atom is 0.222 e. The number of aromatic nitrogens is 2. The maximum absolute atomic E-state index is 6.32. The predicted octanol–water partition coefficient (Wildman–Crippen LogP) is 3.05. The molecule has 1 saturated heterocycles. The first kappa shape index (κ1) is 14.6. The monoisotopic (exact) mass is 324 g/mol. The first-order valence-corrected chi connectivity index (χ1v) is 8.09. The van der Waals surface area contributed by atoms with Gasteiger partial charge in [-0.25, -0.2) is 4.98 Å². The molecule has 1 aliphatic rings. The van der Waals surface area contributed by atoms with Crippen molar-refractivity contribution in [2.24, 2.45) is 0 Å². The second-order valence-electron chi connectivity index (χ2n) is 5.01. The van der Waals surface area contributed by atoms with Crippen molar-refractivity contribution >= 4 is 34.7 Å². The highest BCUT2D eigenvalue weighted by molar-refractivity contribution is 7.14. The zero-order valence-corrected chi connectivity index (χ0v) is 13.3. The summed E-state index contributed by atoms with van der Waals surface area (Å²) in [5.74, 6) is 1.13. The van der Waals surface area contributed by atoms with E-state index in [1.54, 1.807) is 0 Å². The van der Waals surface area contributed by atoms with Gasteiger partial charge in [0.2, 0.25) is 5.95 Å². The Balaban J connectivity index is 2.01. The molecule has 7 heteroatoms. The van der Waals surface area contributed by atoms with E-state index in [1.165, 1.54) is 11.3 Å². The van der Waals surface area contributed by atoms with E-state index in [4.69, 9.17) is 22.1 Å². The molecule has 3 heterocycles. The van der Waals surface area contributed by atoms with E-state index >= 15 is 0 Å². The van der Waals surface area contributed by atoms with E-state index in [0.29, 0.717) is 12.6 Å². The third-order valence-corrected chi connectivity index (χ3v) is 4.70. The van der Waals surface area contributed by atoms with Gasteiger partial charge in [0.05, 0.1) is 17.0 Å². The molecule has 1 atom stereocenters. The van der Waals surface area contributed by atoms with E-state index in [0.717, 1.165) is 41.0 Å². The van der Waals surface area contributed by atoms with Crippen LogP contribution in [0.2, 0.25) is 4.34 Å². The lowest BCUT2D eigenvalue weighted by molar-refractivity contribution is 0.134. The molecule has 2 aromatic rings. The van der Waals surface area contributed by atoms with Gasteiger partial charge in [-0.2, -0.15) is 4.98 Å². The van der Waals surface area contributed by atoms with Crippen molar-refractivity contribution in [1.82, 2.24) is 9.97 Å². The van der Waals surface area contributed by atoms with Crippen molar-refractivity contribution < 1.29 is 4.74 Å². The Morgan fingerprint density at radius 2 is 2.33 bits per heavy atom. The van der Waals surface area contributed by atoms with Gasteiger partial charge in [-0.3, -0.25) is 0 Å². The molecule has 0 amide bonds. The van der Waals surface area contributed by atoms with Crippen molar-refractivity contribution in [3.8, 4) is 0 Å². The zero-order valence-electron chi connectivity index (χ0n) is 11.8. The van der Waals surface area contributed by atoms with Crippen LogP contribution in [0.3, 0.4) is 0 Å². The molecule has 0 unspecified atom stereocenters. The van der Waals surface area contributed by atoms with E-state index in [1.807, 2.05) is 18.4 Å². The number of anilines is 2. The number of nitrogen functional groups attached to an aromatic ring is 1. The summed E-state index contributed by atoms with van der Waals surface area (Å²) in [4.78, 5) is 10.7. The van der Waals surface area contributed by atoms with Crippen LogP contribution >= 0.6 is 22.9 Å². The Kier molecular flexibility index (Phi) is 4.28. The molecule has 0 spiro atoms. The van der Waals surface area contributed by atoms with Crippen LogP contribution in [0.15, 0.2) is 17.5 Å². The number of nitrogens with zero attached hydrogens (tertiary/aromatic N) is 3. The fraction of sp³-hybridized carbons (Fsp3) is 0.429. The first-order valence-electron chi connectivity index (χ1n) is 6.83. The van der Waals surface area contributed by atoms with Crippen LogP contribution in [0.5, 0.6) is 0 Å². The number of rotatable bonds is 2. The molecule has 112 valence electrons. The summed E-state index contributed by atoms with van der Waals surface area (Å²) < 4.78 is 6.53. The lowest BCUT2D eigenvalue weighted by Gasteiger charge is -2.30. The fourth-order valence-electron chi connectivity index (χ4n) is 2.57. The van der Waals surface area contributed by atoms with Crippen LogP contribution in [-0.2, 0) is 4.74 Å². The van der Waals surface area contributed by atoms with Crippen molar-refractivity contribution in [1.29, 1.82) is 0 Å². The third-order valence-electron chi connectivity index (χ3n) is 3.50. The van der Waals surface area contributed by atoms with Crippen LogP contribution in [0, 0.1) is 6.92 Å². The SMILES string of the molecule is Cc1cc(N2CCCOC[C@@H]2c2ccsc2Cl)nc(N)n1. The second kappa shape index (κ2) is 6.17. The molecule has 0 saturated carbocycles. The summed E-state index contributed by atoms with van der Waals surface area (Å²) in [6.45, 7) is 4.11. The second-order valence-corrected chi connectivity index (χ2v) is 6.53. The largest absolute Gasteiger partial charge is 0.379 e. The van der Waals surface area contributed by atoms with Crippen LogP contribution in [0.4, 0.5) is 11.8 Å². The van der Waals surface area contributed by atoms with E-state index in [-0.39, 0.29) is 6.04 Å². The minimum absolute atomic E-state index is 0.0555. The van der Waals surface area contributed by atoms with Gasteiger partial charge in [0.1, 0.15) is 5.82 Å². The topological polar surface area (TPSA) is 64.3 Å². The Morgan fingerprint density at radius 1 is 1.48 bits per heavy atom. The molecule has 5 nitrogen and oxygen atoms in total. The Hall–Kier alpha value is -1.37. The number of ether oxygens (including phenoxy) is 1. The first-order chi connectivity index (χ1) is 10.1. The van der Waals surface area contributed by atoms with Gasteiger partial charge in [0.15, 0.2) is 0 Å². The standard InChI is InChI=1S/C14H17ClN4OS/c1-9-7-12(18-14(16)17-9)19-4-2-5-20-8-11(19)10-3-6-21-13(10)15/h3,6-7,11H,2,4-5,8H2,1H3,(H2,16,17,18)/t11-/m1/s1. The normalized spacial score (nSPS) is 19.5. The van der Waals surface area contributed by atoms with E-state index < -0.39 is 0 Å². The molecule has 21 heavy (non-hydrogen) atoms. The Bertz CT molecular complexity index is 613. The predicted molar refractivity (Wildman–Crippen MR) is 86.0 cm³/mol.